The topological polar surface area (TPSA) is 23.8 Å². The Bertz CT molecular complexity index is 420. The number of halogens is 6. The van der Waals surface area contributed by atoms with Gasteiger partial charge in [0.1, 0.15) is 6.07 Å². The van der Waals surface area contributed by atoms with E-state index in [4.69, 9.17) is 5.26 Å². The molecule has 1 nitrogen and oxygen atoms in total. The van der Waals surface area contributed by atoms with Crippen LogP contribution in [0, 0.1) is 40.4 Å². The number of hydrogen-bond acceptors (Lipinski definition) is 1. The van der Waals surface area contributed by atoms with E-state index in [1.807, 2.05) is 0 Å². The van der Waals surface area contributed by atoms with Crippen molar-refractivity contribution in [2.45, 2.75) is 6.17 Å². The molecule has 0 bridgehead atoms. The summed E-state index contributed by atoms with van der Waals surface area (Å²) in [5, 5.41) is 7.99. The first kappa shape index (κ1) is 11.4. The summed E-state index contributed by atoms with van der Waals surface area (Å²) in [5.74, 6) is -11.6. The fourth-order valence-electron chi connectivity index (χ4n) is 0.909. The minimum atomic E-state index is -2.91. The van der Waals surface area contributed by atoms with Gasteiger partial charge in [-0.3, -0.25) is 0 Å². The number of hydrogen-bond donors (Lipinski definition) is 0. The van der Waals surface area contributed by atoms with E-state index in [1.165, 1.54) is 0 Å². The molecule has 80 valence electrons. The van der Waals surface area contributed by atoms with Crippen LogP contribution in [0.15, 0.2) is 0 Å². The predicted octanol–water partition coefficient (Wildman–Crippen LogP) is 2.92. The maximum Gasteiger partial charge on any atom is 0.217 e. The molecule has 1 aromatic carbocycles. The van der Waals surface area contributed by atoms with Gasteiger partial charge in [0.05, 0.1) is 5.56 Å². The maximum atomic E-state index is 12.7. The smallest absolute Gasteiger partial charge is 0.217 e. The fraction of sp³-hybridized carbons (Fsp3) is 0.125. The molecule has 0 aliphatic rings. The highest BCUT2D eigenvalue weighted by molar-refractivity contribution is 5.28. The van der Waals surface area contributed by atoms with Crippen molar-refractivity contribution in [2.75, 3.05) is 0 Å². The lowest BCUT2D eigenvalue weighted by molar-refractivity contribution is 0.335. The molecule has 0 N–H and O–H groups in total. The molecule has 0 aliphatic heterocycles. The SMILES string of the molecule is N#CC(F)c1c(F)c(F)c(F)c(F)c1F. The predicted molar refractivity (Wildman–Crippen MR) is 35.7 cm³/mol. The third kappa shape index (κ3) is 1.63. The molecule has 0 saturated carbocycles. The Morgan fingerprint density at radius 1 is 0.800 bits per heavy atom. The minimum absolute atomic E-state index is 0.734. The van der Waals surface area contributed by atoms with E-state index in [0.717, 1.165) is 6.07 Å². The van der Waals surface area contributed by atoms with Gasteiger partial charge in [-0.05, 0) is 0 Å². The highest BCUT2D eigenvalue weighted by Crippen LogP contribution is 2.29. The number of alkyl halides is 1. The summed E-state index contributed by atoms with van der Waals surface area (Å²) < 4.78 is 75.4. The first-order valence-electron chi connectivity index (χ1n) is 3.46. The lowest BCUT2D eigenvalue weighted by atomic mass is 10.1. The lowest BCUT2D eigenvalue weighted by Crippen LogP contribution is -2.08. The molecule has 15 heavy (non-hydrogen) atoms. The van der Waals surface area contributed by atoms with E-state index in [-0.39, 0.29) is 0 Å². The third-order valence-electron chi connectivity index (χ3n) is 1.61. The van der Waals surface area contributed by atoms with Crippen LogP contribution in [0.25, 0.3) is 0 Å². The monoisotopic (exact) mass is 225 g/mol. The Morgan fingerprint density at radius 2 is 1.13 bits per heavy atom. The molecule has 1 rings (SSSR count). The summed E-state index contributed by atoms with van der Waals surface area (Å²) in [7, 11) is 0. The van der Waals surface area contributed by atoms with E-state index in [0.29, 0.717) is 0 Å². The van der Waals surface area contributed by atoms with Crippen LogP contribution in [0.3, 0.4) is 0 Å². The zero-order valence-electron chi connectivity index (χ0n) is 6.79. The van der Waals surface area contributed by atoms with Crippen molar-refractivity contribution >= 4 is 0 Å². The van der Waals surface area contributed by atoms with Crippen LogP contribution >= 0.6 is 0 Å². The Labute approximate surface area is 79.5 Å². The van der Waals surface area contributed by atoms with Crippen molar-refractivity contribution in [3.05, 3.63) is 34.6 Å². The van der Waals surface area contributed by atoms with Gasteiger partial charge in [0, 0.05) is 0 Å². The average Bonchev–Trinajstić information content (AvgIpc) is 2.23. The van der Waals surface area contributed by atoms with E-state index in [9.17, 15) is 26.3 Å². The molecule has 0 saturated heterocycles. The molecular weight excluding hydrogens is 224 g/mol. The van der Waals surface area contributed by atoms with Gasteiger partial charge in [-0.25, -0.2) is 26.3 Å². The van der Waals surface area contributed by atoms with Gasteiger partial charge in [0.25, 0.3) is 0 Å². The second kappa shape index (κ2) is 3.81. The van der Waals surface area contributed by atoms with Gasteiger partial charge in [0.15, 0.2) is 23.3 Å². The largest absolute Gasteiger partial charge is 0.225 e. The molecule has 1 atom stereocenters. The van der Waals surface area contributed by atoms with Gasteiger partial charge < -0.3 is 0 Å². The van der Waals surface area contributed by atoms with E-state index in [2.05, 4.69) is 0 Å². The molecule has 1 unspecified atom stereocenters. The zero-order chi connectivity index (χ0) is 11.7. The minimum Gasteiger partial charge on any atom is -0.225 e. The number of nitriles is 1. The molecule has 0 spiro atoms. The van der Waals surface area contributed by atoms with E-state index >= 15 is 0 Å². The molecule has 0 amide bonds. The second-order valence-electron chi connectivity index (χ2n) is 2.48. The van der Waals surface area contributed by atoms with Crippen LogP contribution in [0.1, 0.15) is 11.7 Å². The first-order chi connectivity index (χ1) is 6.91. The third-order valence-corrected chi connectivity index (χ3v) is 1.61. The van der Waals surface area contributed by atoms with Gasteiger partial charge in [0.2, 0.25) is 12.0 Å². The van der Waals surface area contributed by atoms with Crippen LogP contribution in [0.4, 0.5) is 26.3 Å². The quantitative estimate of drug-likeness (QED) is 0.409. The summed E-state index contributed by atoms with van der Waals surface area (Å²) in [6.45, 7) is 0. The summed E-state index contributed by atoms with van der Waals surface area (Å²) in [6.07, 6.45) is -2.91. The highest BCUT2D eigenvalue weighted by Gasteiger charge is 2.30. The van der Waals surface area contributed by atoms with E-state index in [1.54, 1.807) is 0 Å². The molecule has 7 heteroatoms. The molecule has 0 aliphatic carbocycles. The highest BCUT2D eigenvalue weighted by atomic mass is 19.2. The van der Waals surface area contributed by atoms with Gasteiger partial charge in [-0.15, -0.1) is 0 Å². The standard InChI is InChI=1S/C8HF6N/c9-2(1-15)3-4(10)6(12)8(14)7(13)5(3)11/h2H. The lowest BCUT2D eigenvalue weighted by Gasteiger charge is -2.06. The van der Waals surface area contributed by atoms with Crippen molar-refractivity contribution < 1.29 is 26.3 Å². The van der Waals surface area contributed by atoms with Crippen LogP contribution in [0.5, 0.6) is 0 Å². The molecule has 0 aromatic heterocycles. The van der Waals surface area contributed by atoms with Crippen molar-refractivity contribution in [2.24, 2.45) is 0 Å². The molecular formula is C8HF6N. The summed E-state index contributed by atoms with van der Waals surface area (Å²) in [4.78, 5) is 0. The van der Waals surface area contributed by atoms with Crippen molar-refractivity contribution in [3.63, 3.8) is 0 Å². The van der Waals surface area contributed by atoms with Crippen LogP contribution in [0.2, 0.25) is 0 Å². The van der Waals surface area contributed by atoms with Crippen molar-refractivity contribution in [1.82, 2.24) is 0 Å². The van der Waals surface area contributed by atoms with E-state index < -0.39 is 40.8 Å². The maximum absolute atomic E-state index is 12.7. The van der Waals surface area contributed by atoms with Gasteiger partial charge >= 0.3 is 0 Å². The van der Waals surface area contributed by atoms with Crippen molar-refractivity contribution in [3.8, 4) is 6.07 Å². The van der Waals surface area contributed by atoms with Gasteiger partial charge in [-0.1, -0.05) is 0 Å². The van der Waals surface area contributed by atoms with Gasteiger partial charge in [-0.2, -0.15) is 5.26 Å². The fourth-order valence-corrected chi connectivity index (χ4v) is 0.909. The van der Waals surface area contributed by atoms with Crippen LogP contribution in [-0.2, 0) is 0 Å². The Morgan fingerprint density at radius 3 is 1.47 bits per heavy atom. The average molecular weight is 225 g/mol. The number of rotatable bonds is 1. The first-order valence-corrected chi connectivity index (χ1v) is 3.46. The number of benzene rings is 1. The summed E-state index contributed by atoms with van der Waals surface area (Å²) in [6, 6.07) is 0.734. The molecule has 0 radical (unpaired) electrons. The van der Waals surface area contributed by atoms with Crippen LogP contribution < -0.4 is 0 Å². The summed E-state index contributed by atoms with van der Waals surface area (Å²) in [5.41, 5.74) is -1.77. The molecule has 0 fully saturated rings. The summed E-state index contributed by atoms with van der Waals surface area (Å²) >= 11 is 0. The Hall–Kier alpha value is -1.71. The second-order valence-corrected chi connectivity index (χ2v) is 2.48. The zero-order valence-corrected chi connectivity index (χ0v) is 6.79. The normalized spacial score (nSPS) is 12.3. The number of nitrogens with zero attached hydrogens (tertiary/aromatic N) is 1. The van der Waals surface area contributed by atoms with Crippen LogP contribution in [-0.4, -0.2) is 0 Å². The Balaban J connectivity index is 3.61. The molecule has 1 aromatic rings. The Kier molecular flexibility index (Phi) is 2.88. The molecule has 0 heterocycles. The van der Waals surface area contributed by atoms with Crippen molar-refractivity contribution in [1.29, 1.82) is 5.26 Å².